The van der Waals surface area contributed by atoms with Crippen molar-refractivity contribution in [3.05, 3.63) is 16.6 Å². The van der Waals surface area contributed by atoms with Crippen LogP contribution in [-0.4, -0.2) is 25.3 Å². The molecule has 1 N–H and O–H groups in total. The Morgan fingerprint density at radius 3 is 2.27 bits per heavy atom. The number of ether oxygens (including phenoxy) is 2. The number of nitrogens with zero attached hydrogens (tertiary/aromatic N) is 2. The second kappa shape index (κ2) is 4.11. The van der Waals surface area contributed by atoms with Gasteiger partial charge in [-0.2, -0.15) is 0 Å². The second-order valence-corrected chi connectivity index (χ2v) is 1.45. The van der Waals surface area contributed by atoms with E-state index < -0.39 is 17.6 Å². The lowest BCUT2D eigenvalue weighted by Gasteiger charge is -1.91. The van der Waals surface area contributed by atoms with Gasteiger partial charge in [-0.3, -0.25) is 0 Å². The zero-order chi connectivity index (χ0) is 8.85. The van der Waals surface area contributed by atoms with Gasteiger partial charge in [0.2, 0.25) is 5.39 Å². The summed E-state index contributed by atoms with van der Waals surface area (Å²) in [6.07, 6.45) is 0. The third kappa shape index (κ3) is 2.14. The van der Waals surface area contributed by atoms with Gasteiger partial charge in [0.25, 0.3) is 0 Å². The molecule has 0 saturated heterocycles. The largest absolute Gasteiger partial charge is 0.547 e. The van der Waals surface area contributed by atoms with Crippen molar-refractivity contribution in [2.45, 2.75) is 0 Å². The van der Waals surface area contributed by atoms with Gasteiger partial charge >= 0.3 is 17.6 Å². The summed E-state index contributed by atoms with van der Waals surface area (Å²) in [5.74, 6) is -1.77. The summed E-state index contributed by atoms with van der Waals surface area (Å²) in [5.41, 5.74) is -0.671. The average molecular weight is 159 g/mol. The molecule has 0 aromatic rings. The van der Waals surface area contributed by atoms with Crippen LogP contribution in [0.25, 0.3) is 4.98 Å². The van der Waals surface area contributed by atoms with E-state index in [0.717, 1.165) is 14.2 Å². The maximum atomic E-state index is 10.6. The van der Waals surface area contributed by atoms with Crippen LogP contribution in [0.4, 0.5) is 0 Å². The molecule has 0 atom stereocenters. The van der Waals surface area contributed by atoms with Crippen LogP contribution in [-0.2, 0) is 14.3 Å². The third-order valence-electron chi connectivity index (χ3n) is 0.875. The van der Waals surface area contributed by atoms with Gasteiger partial charge in [-0.05, 0) is 0 Å². The molecule has 0 bridgehead atoms. The van der Waals surface area contributed by atoms with Crippen molar-refractivity contribution in [3.8, 4) is 0 Å². The first-order chi connectivity index (χ1) is 5.17. The summed E-state index contributed by atoms with van der Waals surface area (Å²) >= 11 is 0. The van der Waals surface area contributed by atoms with Crippen molar-refractivity contribution in [3.63, 3.8) is 0 Å². The first kappa shape index (κ1) is 9.23. The number of methoxy groups -OCH3 is 2. The Balaban J connectivity index is 4.69. The van der Waals surface area contributed by atoms with E-state index in [-0.39, 0.29) is 0 Å². The fraction of sp³-hybridized carbons (Fsp3) is 0.400. The van der Waals surface area contributed by atoms with E-state index in [1.54, 1.807) is 0 Å². The highest BCUT2D eigenvalue weighted by molar-refractivity contribution is 5.90. The molecular formula is C5H7N2O4+. The molecule has 0 amide bonds. The maximum absolute atomic E-state index is 10.6. The zero-order valence-corrected chi connectivity index (χ0v) is 6.07. The molecule has 0 rings (SSSR count). The molecule has 0 aromatic heterocycles. The van der Waals surface area contributed by atoms with Crippen LogP contribution in [0.3, 0.4) is 0 Å². The molecule has 0 radical (unpaired) electrons. The number of rotatable bonds is 2. The van der Waals surface area contributed by atoms with Gasteiger partial charge in [-0.1, -0.05) is 0 Å². The van der Waals surface area contributed by atoms with Crippen molar-refractivity contribution in [1.82, 2.24) is 0 Å². The lowest BCUT2D eigenvalue weighted by molar-refractivity contribution is -0.136. The summed E-state index contributed by atoms with van der Waals surface area (Å²) in [6.45, 7) is 0. The van der Waals surface area contributed by atoms with E-state index in [0.29, 0.717) is 0 Å². The molecule has 6 nitrogen and oxygen atoms in total. The van der Waals surface area contributed by atoms with Crippen LogP contribution >= 0.6 is 0 Å². The highest BCUT2D eigenvalue weighted by Gasteiger charge is 2.31. The fourth-order valence-electron chi connectivity index (χ4n) is 0.364. The van der Waals surface area contributed by atoms with E-state index in [9.17, 15) is 4.79 Å². The molecule has 11 heavy (non-hydrogen) atoms. The standard InChI is InChI=1S/C5H6N2O4/c1-10-4(8)3(7-6)5(9)11-2/h1-2H3/p+1. The number of hydrogen-bond donors (Lipinski definition) is 1. The van der Waals surface area contributed by atoms with Gasteiger partial charge in [-0.15, -0.1) is 0 Å². The van der Waals surface area contributed by atoms with E-state index in [4.69, 9.17) is 10.5 Å². The molecule has 0 fully saturated rings. The van der Waals surface area contributed by atoms with Crippen LogP contribution < -0.4 is 0 Å². The Hall–Kier alpha value is -1.77. The Morgan fingerprint density at radius 1 is 1.45 bits per heavy atom. The van der Waals surface area contributed by atoms with Gasteiger partial charge in [0.15, 0.2) is 4.98 Å². The van der Waals surface area contributed by atoms with Crippen molar-refractivity contribution in [1.29, 1.82) is 5.39 Å². The molecule has 0 unspecified atom stereocenters. The number of diazo groups is 1. The normalized spacial score (nSPS) is 11.0. The van der Waals surface area contributed by atoms with Crippen molar-refractivity contribution < 1.29 is 19.4 Å². The molecule has 6 heteroatoms. The Labute approximate surface area is 62.7 Å². The minimum atomic E-state index is -0.980. The van der Waals surface area contributed by atoms with E-state index in [2.05, 4.69) is 14.4 Å². The molecule has 0 saturated carbocycles. The predicted octanol–water partition coefficient (Wildman–Crippen LogP) is 0.386. The fourth-order valence-corrected chi connectivity index (χ4v) is 0.364. The van der Waals surface area contributed by atoms with Crippen molar-refractivity contribution in [2.75, 3.05) is 14.2 Å². The summed E-state index contributed by atoms with van der Waals surface area (Å²) in [4.78, 5) is 13.0. The molecule has 60 valence electrons. The molecule has 0 aliphatic heterocycles. The molecule has 0 aliphatic rings. The molecule has 0 aromatic carbocycles. The SMILES string of the molecule is COC(=O)C([N+]#N)=C(O)OC. The van der Waals surface area contributed by atoms with Crippen molar-refractivity contribution >= 4 is 5.97 Å². The number of aliphatic hydroxyl groups is 1. The quantitative estimate of drug-likeness (QED) is 0.272. The zero-order valence-electron chi connectivity index (χ0n) is 6.07. The highest BCUT2D eigenvalue weighted by Crippen LogP contribution is 2.05. The Morgan fingerprint density at radius 2 is 2.00 bits per heavy atom. The first-order valence-electron chi connectivity index (χ1n) is 2.58. The summed E-state index contributed by atoms with van der Waals surface area (Å²) in [5, 5.41) is 16.9. The van der Waals surface area contributed by atoms with Crippen molar-refractivity contribution in [2.24, 2.45) is 0 Å². The topological polar surface area (TPSA) is 83.9 Å². The maximum Gasteiger partial charge on any atom is 0.547 e. The predicted molar refractivity (Wildman–Crippen MR) is 33.8 cm³/mol. The Bertz CT molecular complexity index is 227. The second-order valence-electron chi connectivity index (χ2n) is 1.45. The first-order valence-corrected chi connectivity index (χ1v) is 2.58. The van der Waals surface area contributed by atoms with Crippen LogP contribution in [0, 0.1) is 5.39 Å². The van der Waals surface area contributed by atoms with E-state index in [1.165, 1.54) is 0 Å². The number of carbonyl (C=O) groups is 1. The lowest BCUT2D eigenvalue weighted by Crippen LogP contribution is -2.05. The van der Waals surface area contributed by atoms with Gasteiger partial charge in [0, 0.05) is 0 Å². The van der Waals surface area contributed by atoms with Gasteiger partial charge in [0.1, 0.15) is 0 Å². The van der Waals surface area contributed by atoms with Crippen LogP contribution in [0.1, 0.15) is 0 Å². The number of esters is 1. The van der Waals surface area contributed by atoms with Gasteiger partial charge in [0.05, 0.1) is 14.2 Å². The lowest BCUT2D eigenvalue weighted by atomic mass is 10.5. The molecule has 0 spiro atoms. The van der Waals surface area contributed by atoms with E-state index >= 15 is 0 Å². The number of aliphatic hydroxyl groups excluding tert-OH is 1. The monoisotopic (exact) mass is 159 g/mol. The number of hydrogen-bond acceptors (Lipinski definition) is 5. The van der Waals surface area contributed by atoms with Crippen LogP contribution in [0.15, 0.2) is 11.6 Å². The van der Waals surface area contributed by atoms with Crippen LogP contribution in [0.2, 0.25) is 0 Å². The highest BCUT2D eigenvalue weighted by atomic mass is 16.6. The smallest absolute Gasteiger partial charge is 0.475 e. The summed E-state index contributed by atoms with van der Waals surface area (Å²) in [7, 11) is 2.19. The molecule has 0 aliphatic carbocycles. The average Bonchev–Trinajstić information content (AvgIpc) is 2.05. The molecular weight excluding hydrogens is 152 g/mol. The van der Waals surface area contributed by atoms with Gasteiger partial charge in [-0.25, -0.2) is 4.79 Å². The third-order valence-corrected chi connectivity index (χ3v) is 0.875. The minimum absolute atomic E-state index is 0.671. The number of carbonyl (C=O) groups excluding carboxylic acids is 1. The van der Waals surface area contributed by atoms with Crippen LogP contribution in [0.5, 0.6) is 0 Å². The van der Waals surface area contributed by atoms with E-state index in [1.807, 2.05) is 0 Å². The Kier molecular flexibility index (Phi) is 3.45. The minimum Gasteiger partial charge on any atom is -0.475 e. The molecule has 0 heterocycles. The van der Waals surface area contributed by atoms with Gasteiger partial charge < -0.3 is 14.6 Å². The summed E-state index contributed by atoms with van der Waals surface area (Å²) < 4.78 is 8.34. The summed E-state index contributed by atoms with van der Waals surface area (Å²) in [6, 6.07) is 0.